The molecule has 31 heavy (non-hydrogen) atoms. The third kappa shape index (κ3) is 4.39. The van der Waals surface area contributed by atoms with Gasteiger partial charge in [0.25, 0.3) is 0 Å². The molecule has 0 radical (unpaired) electrons. The summed E-state index contributed by atoms with van der Waals surface area (Å²) in [5.41, 5.74) is 3.74. The number of nitrogens with one attached hydrogen (secondary N) is 1. The van der Waals surface area contributed by atoms with Crippen molar-refractivity contribution in [2.75, 3.05) is 32.1 Å². The van der Waals surface area contributed by atoms with Crippen LogP contribution in [0, 0.1) is 18.8 Å². The van der Waals surface area contributed by atoms with Gasteiger partial charge in [-0.25, -0.2) is 0 Å². The van der Waals surface area contributed by atoms with Crippen molar-refractivity contribution in [3.05, 3.63) is 46.9 Å². The van der Waals surface area contributed by atoms with E-state index >= 15 is 0 Å². The highest BCUT2D eigenvalue weighted by Gasteiger charge is 2.40. The van der Waals surface area contributed by atoms with Gasteiger partial charge in [-0.1, -0.05) is 11.6 Å². The van der Waals surface area contributed by atoms with Crippen molar-refractivity contribution < 1.29 is 4.74 Å². The molecule has 5 rings (SSSR count). The summed E-state index contributed by atoms with van der Waals surface area (Å²) in [6.07, 6.45) is 4.78. The quantitative estimate of drug-likeness (QED) is 0.565. The molecule has 3 unspecified atom stereocenters. The van der Waals surface area contributed by atoms with Gasteiger partial charge in [-0.3, -0.25) is 15.0 Å². The van der Waals surface area contributed by atoms with Crippen LogP contribution >= 0.6 is 11.6 Å². The van der Waals surface area contributed by atoms with Gasteiger partial charge in [0.1, 0.15) is 11.0 Å². The summed E-state index contributed by atoms with van der Waals surface area (Å²) in [6.45, 7) is 4.06. The van der Waals surface area contributed by atoms with Crippen LogP contribution < -0.4 is 10.1 Å². The van der Waals surface area contributed by atoms with Crippen molar-refractivity contribution in [1.29, 1.82) is 0 Å². The van der Waals surface area contributed by atoms with Crippen LogP contribution in [-0.4, -0.2) is 57.9 Å². The van der Waals surface area contributed by atoms with Gasteiger partial charge >= 0.3 is 6.01 Å². The highest BCUT2D eigenvalue weighted by Crippen LogP contribution is 2.47. The smallest absolute Gasteiger partial charge is 0.319 e. The Labute approximate surface area is 185 Å². The molecule has 3 aromatic heterocycles. The molecule has 9 heteroatoms. The van der Waals surface area contributed by atoms with Crippen LogP contribution in [0.5, 0.6) is 6.01 Å². The maximum atomic E-state index is 6.33. The molecule has 0 bridgehead atoms. The number of aromatic nitrogens is 4. The molecule has 3 aromatic rings. The summed E-state index contributed by atoms with van der Waals surface area (Å²) in [6, 6.07) is 8.30. The normalized spacial score (nSPS) is 22.2. The predicted molar refractivity (Wildman–Crippen MR) is 121 cm³/mol. The second-order valence-electron chi connectivity index (χ2n) is 8.21. The van der Waals surface area contributed by atoms with Gasteiger partial charge in [-0.15, -0.1) is 0 Å². The first-order valence-corrected chi connectivity index (χ1v) is 10.8. The van der Waals surface area contributed by atoms with E-state index in [0.717, 1.165) is 41.8 Å². The fourth-order valence-electron chi connectivity index (χ4n) is 3.85. The summed E-state index contributed by atoms with van der Waals surface area (Å²) in [5, 5.41) is 9.96. The highest BCUT2D eigenvalue weighted by atomic mass is 35.5. The highest BCUT2D eigenvalue weighted by molar-refractivity contribution is 6.30. The molecule has 1 aliphatic heterocycles. The Morgan fingerprint density at radius 3 is 2.94 bits per heavy atom. The molecule has 0 spiro atoms. The van der Waals surface area contributed by atoms with E-state index in [2.05, 4.69) is 31.4 Å². The molecule has 160 valence electrons. The average molecular weight is 438 g/mol. The first kappa shape index (κ1) is 19.9. The number of anilines is 1. The lowest BCUT2D eigenvalue weighted by Gasteiger charge is -2.14. The molecule has 4 heterocycles. The molecular formula is C22H24ClN7O. The minimum absolute atomic E-state index is 0.302. The molecule has 0 aromatic carbocycles. The Hall–Kier alpha value is -3.00. The average Bonchev–Trinajstić information content (AvgIpc) is 3.44. The van der Waals surface area contributed by atoms with Crippen LogP contribution in [0.4, 0.5) is 5.82 Å². The Morgan fingerprint density at radius 2 is 2.10 bits per heavy atom. The Kier molecular flexibility index (Phi) is 5.31. The van der Waals surface area contributed by atoms with Crippen LogP contribution in [0.2, 0.25) is 5.15 Å². The van der Waals surface area contributed by atoms with Gasteiger partial charge in [-0.2, -0.15) is 15.1 Å². The number of nitrogens with zero attached hydrogens (tertiary/aromatic N) is 6. The Balaban J connectivity index is 1.20. The first-order valence-electron chi connectivity index (χ1n) is 10.4. The SMILES string of the molecule is Cc1c(Cl)nc(OCC2CC2c2ccc3ncccc3n2)nc1NCC1C=NN(C)C1. The number of rotatable bonds is 7. The second kappa shape index (κ2) is 8.26. The molecule has 0 saturated heterocycles. The number of ether oxygens (including phenoxy) is 1. The lowest BCUT2D eigenvalue weighted by atomic mass is 10.2. The zero-order valence-electron chi connectivity index (χ0n) is 17.5. The summed E-state index contributed by atoms with van der Waals surface area (Å²) >= 11 is 6.33. The third-order valence-corrected chi connectivity index (χ3v) is 6.15. The van der Waals surface area contributed by atoms with Crippen molar-refractivity contribution in [2.45, 2.75) is 19.3 Å². The molecule has 0 amide bonds. The van der Waals surface area contributed by atoms with E-state index in [4.69, 9.17) is 21.3 Å². The van der Waals surface area contributed by atoms with Crippen LogP contribution in [0.1, 0.15) is 23.6 Å². The zero-order valence-corrected chi connectivity index (χ0v) is 18.3. The predicted octanol–water partition coefficient (Wildman–Crippen LogP) is 3.52. The zero-order chi connectivity index (χ0) is 21.4. The van der Waals surface area contributed by atoms with Crippen LogP contribution in [0.3, 0.4) is 0 Å². The second-order valence-corrected chi connectivity index (χ2v) is 8.57. The molecule has 8 nitrogen and oxygen atoms in total. The van der Waals surface area contributed by atoms with Gasteiger partial charge in [0.2, 0.25) is 0 Å². The fourth-order valence-corrected chi connectivity index (χ4v) is 4.01. The van der Waals surface area contributed by atoms with Crippen molar-refractivity contribution in [2.24, 2.45) is 16.9 Å². The molecular weight excluding hydrogens is 414 g/mol. The molecule has 3 atom stereocenters. The minimum Gasteiger partial charge on any atom is -0.463 e. The number of hydrogen-bond acceptors (Lipinski definition) is 8. The van der Waals surface area contributed by atoms with Gasteiger partial charge in [0.05, 0.1) is 17.6 Å². The maximum Gasteiger partial charge on any atom is 0.319 e. The van der Waals surface area contributed by atoms with E-state index in [1.54, 1.807) is 6.20 Å². The number of pyridine rings is 2. The van der Waals surface area contributed by atoms with Gasteiger partial charge in [0.15, 0.2) is 0 Å². The van der Waals surface area contributed by atoms with Crippen LogP contribution in [0.25, 0.3) is 11.0 Å². The summed E-state index contributed by atoms with van der Waals surface area (Å²) in [4.78, 5) is 17.9. The standard InChI is InChI=1S/C22H24ClN7O/c1-13-20(23)28-22(29-21(13)25-9-14-10-26-30(2)11-14)31-12-15-8-16(15)17-5-6-18-19(27-17)4-3-7-24-18/h3-7,10,14-16H,8-9,11-12H2,1-2H3,(H,25,28,29). The monoisotopic (exact) mass is 437 g/mol. The van der Waals surface area contributed by atoms with Crippen molar-refractivity contribution >= 4 is 34.7 Å². The first-order chi connectivity index (χ1) is 15.1. The lowest BCUT2D eigenvalue weighted by Crippen LogP contribution is -2.22. The van der Waals surface area contributed by atoms with Crippen LogP contribution in [-0.2, 0) is 0 Å². The largest absolute Gasteiger partial charge is 0.463 e. The molecule has 1 aliphatic carbocycles. The van der Waals surface area contributed by atoms with Gasteiger partial charge in [0, 0.05) is 61.6 Å². The molecule has 1 fully saturated rings. The van der Waals surface area contributed by atoms with E-state index in [1.807, 2.05) is 43.4 Å². The van der Waals surface area contributed by atoms with Crippen molar-refractivity contribution in [3.8, 4) is 6.01 Å². The molecule has 1 N–H and O–H groups in total. The van der Waals surface area contributed by atoms with E-state index in [0.29, 0.717) is 41.3 Å². The van der Waals surface area contributed by atoms with E-state index in [9.17, 15) is 0 Å². The fraction of sp³-hybridized carbons (Fsp3) is 0.409. The molecule has 2 aliphatic rings. The lowest BCUT2D eigenvalue weighted by molar-refractivity contribution is 0.274. The molecule has 1 saturated carbocycles. The topological polar surface area (TPSA) is 88.4 Å². The van der Waals surface area contributed by atoms with Gasteiger partial charge in [-0.05, 0) is 37.6 Å². The number of halogens is 1. The van der Waals surface area contributed by atoms with Crippen LogP contribution in [0.15, 0.2) is 35.6 Å². The van der Waals surface area contributed by atoms with Crippen molar-refractivity contribution in [1.82, 2.24) is 24.9 Å². The van der Waals surface area contributed by atoms with Gasteiger partial charge < -0.3 is 10.1 Å². The van der Waals surface area contributed by atoms with E-state index in [1.165, 1.54) is 0 Å². The maximum absolute atomic E-state index is 6.33. The number of hydrazone groups is 1. The Morgan fingerprint density at radius 1 is 1.19 bits per heavy atom. The van der Waals surface area contributed by atoms with Crippen molar-refractivity contribution in [3.63, 3.8) is 0 Å². The Bertz CT molecular complexity index is 1140. The van der Waals surface area contributed by atoms with E-state index in [-0.39, 0.29) is 0 Å². The minimum atomic E-state index is 0.302. The number of hydrogen-bond donors (Lipinski definition) is 1. The van der Waals surface area contributed by atoms with E-state index < -0.39 is 0 Å². The third-order valence-electron chi connectivity index (χ3n) is 5.78. The summed E-state index contributed by atoms with van der Waals surface area (Å²) in [7, 11) is 1.96. The number of fused-ring (bicyclic) bond motifs is 1. The summed E-state index contributed by atoms with van der Waals surface area (Å²) in [5.74, 6) is 1.82. The summed E-state index contributed by atoms with van der Waals surface area (Å²) < 4.78 is 5.91.